The molecule has 3 rings (SSSR count). The maximum absolute atomic E-state index is 12.3. The summed E-state index contributed by atoms with van der Waals surface area (Å²) in [4.78, 5) is 13.4. The molecule has 0 spiro atoms. The maximum Gasteiger partial charge on any atom is 0.310 e. The van der Waals surface area contributed by atoms with Crippen LogP contribution in [0.4, 0.5) is 0 Å². The number of thioether (sulfide) groups is 1. The van der Waals surface area contributed by atoms with Gasteiger partial charge < -0.3 is 4.74 Å². The lowest BCUT2D eigenvalue weighted by atomic mass is 10.0. The standard InChI is InChI=1S/C22H22N2O2S2/c1-14(21(25)26-22(2,3)4)13-27-18-9-8-17-12-24-28-20(17)19(18)16-7-5-6-15(10-16)11-23/h5-10,12,14H,13H2,1-4H3. The Morgan fingerprint density at radius 2 is 2.11 bits per heavy atom. The maximum atomic E-state index is 12.3. The number of carbonyl (C=O) groups excluding carboxylic acids is 1. The van der Waals surface area contributed by atoms with Crippen molar-refractivity contribution in [2.75, 3.05) is 5.75 Å². The van der Waals surface area contributed by atoms with Crippen LogP contribution in [-0.2, 0) is 9.53 Å². The number of hydrogen-bond donors (Lipinski definition) is 0. The second-order valence-corrected chi connectivity index (χ2v) is 9.48. The van der Waals surface area contributed by atoms with Crippen molar-refractivity contribution in [1.82, 2.24) is 4.37 Å². The average Bonchev–Trinajstić information content (AvgIpc) is 3.12. The van der Waals surface area contributed by atoms with Crippen molar-refractivity contribution in [3.63, 3.8) is 0 Å². The van der Waals surface area contributed by atoms with Gasteiger partial charge in [-0.1, -0.05) is 25.1 Å². The van der Waals surface area contributed by atoms with Crippen LogP contribution in [-0.4, -0.2) is 21.7 Å². The Bertz CT molecular complexity index is 1040. The zero-order valence-electron chi connectivity index (χ0n) is 16.4. The minimum atomic E-state index is -0.486. The summed E-state index contributed by atoms with van der Waals surface area (Å²) in [5.74, 6) is 0.205. The van der Waals surface area contributed by atoms with Crippen LogP contribution in [0, 0.1) is 17.2 Å². The van der Waals surface area contributed by atoms with Gasteiger partial charge in [0.15, 0.2) is 0 Å². The minimum absolute atomic E-state index is 0.188. The van der Waals surface area contributed by atoms with E-state index in [4.69, 9.17) is 4.74 Å². The first kappa shape index (κ1) is 20.4. The lowest BCUT2D eigenvalue weighted by Gasteiger charge is -2.22. The Hall–Kier alpha value is -2.36. The number of nitriles is 1. The topological polar surface area (TPSA) is 63.0 Å². The molecule has 3 aromatic rings. The Morgan fingerprint density at radius 3 is 2.82 bits per heavy atom. The average molecular weight is 411 g/mol. The number of benzene rings is 2. The van der Waals surface area contributed by atoms with Gasteiger partial charge in [-0.25, -0.2) is 0 Å². The molecule has 4 nitrogen and oxygen atoms in total. The number of aromatic nitrogens is 1. The third kappa shape index (κ3) is 4.73. The molecule has 0 aliphatic rings. The van der Waals surface area contributed by atoms with Gasteiger partial charge in [-0.05, 0) is 56.1 Å². The Labute approximate surface area is 173 Å². The molecule has 0 aliphatic heterocycles. The van der Waals surface area contributed by atoms with Gasteiger partial charge in [0.1, 0.15) is 5.60 Å². The summed E-state index contributed by atoms with van der Waals surface area (Å²) in [7, 11) is 0. The van der Waals surface area contributed by atoms with Crippen molar-refractivity contribution in [3.8, 4) is 17.2 Å². The summed E-state index contributed by atoms with van der Waals surface area (Å²) in [6.07, 6.45) is 1.86. The van der Waals surface area contributed by atoms with Crippen LogP contribution >= 0.6 is 23.3 Å². The predicted molar refractivity (Wildman–Crippen MR) is 116 cm³/mol. The van der Waals surface area contributed by atoms with Gasteiger partial charge in [0, 0.05) is 27.8 Å². The van der Waals surface area contributed by atoms with Gasteiger partial charge in [0.2, 0.25) is 0 Å². The van der Waals surface area contributed by atoms with E-state index in [1.165, 1.54) is 11.5 Å². The molecule has 0 radical (unpaired) electrons. The van der Waals surface area contributed by atoms with Crippen molar-refractivity contribution in [3.05, 3.63) is 48.2 Å². The quantitative estimate of drug-likeness (QED) is 0.387. The Balaban J connectivity index is 1.91. The van der Waals surface area contributed by atoms with Crippen LogP contribution in [0.3, 0.4) is 0 Å². The van der Waals surface area contributed by atoms with Crippen LogP contribution in [0.2, 0.25) is 0 Å². The molecule has 0 amide bonds. The lowest BCUT2D eigenvalue weighted by molar-refractivity contribution is -0.158. The number of carbonyl (C=O) groups is 1. The number of rotatable bonds is 5. The van der Waals surface area contributed by atoms with Gasteiger partial charge in [0.05, 0.1) is 22.3 Å². The number of hydrogen-bond acceptors (Lipinski definition) is 6. The molecule has 1 aromatic heterocycles. The smallest absolute Gasteiger partial charge is 0.310 e. The van der Waals surface area contributed by atoms with Gasteiger partial charge in [-0.15, -0.1) is 11.8 Å². The van der Waals surface area contributed by atoms with Crippen LogP contribution < -0.4 is 0 Å². The van der Waals surface area contributed by atoms with Gasteiger partial charge in [-0.2, -0.15) is 9.64 Å². The van der Waals surface area contributed by atoms with Crippen LogP contribution in [0.25, 0.3) is 21.2 Å². The number of ether oxygens (including phenoxy) is 1. The first-order valence-electron chi connectivity index (χ1n) is 9.02. The fraction of sp³-hybridized carbons (Fsp3) is 0.318. The molecule has 0 fully saturated rings. The van der Waals surface area contributed by atoms with Crippen molar-refractivity contribution in [2.45, 2.75) is 38.2 Å². The molecule has 1 atom stereocenters. The Kier molecular flexibility index (Phi) is 6.07. The molecule has 1 unspecified atom stereocenters. The highest BCUT2D eigenvalue weighted by molar-refractivity contribution is 7.99. The summed E-state index contributed by atoms with van der Waals surface area (Å²) in [5.41, 5.74) is 2.19. The molecule has 144 valence electrons. The van der Waals surface area contributed by atoms with Crippen molar-refractivity contribution < 1.29 is 9.53 Å². The molecular weight excluding hydrogens is 388 g/mol. The van der Waals surface area contributed by atoms with Crippen molar-refractivity contribution in [2.24, 2.45) is 5.92 Å². The van der Waals surface area contributed by atoms with Crippen LogP contribution in [0.15, 0.2) is 47.5 Å². The largest absolute Gasteiger partial charge is 0.460 e. The van der Waals surface area contributed by atoms with E-state index in [1.54, 1.807) is 17.8 Å². The molecule has 0 saturated carbocycles. The van der Waals surface area contributed by atoms with E-state index >= 15 is 0 Å². The fourth-order valence-electron chi connectivity index (χ4n) is 2.74. The van der Waals surface area contributed by atoms with Crippen LogP contribution in [0.1, 0.15) is 33.3 Å². The molecule has 28 heavy (non-hydrogen) atoms. The number of nitrogens with zero attached hydrogens (tertiary/aromatic N) is 2. The molecule has 2 aromatic carbocycles. The summed E-state index contributed by atoms with van der Waals surface area (Å²) in [6.45, 7) is 7.52. The summed E-state index contributed by atoms with van der Waals surface area (Å²) >= 11 is 3.08. The van der Waals surface area contributed by atoms with E-state index in [0.717, 1.165) is 26.1 Å². The van der Waals surface area contributed by atoms with E-state index in [9.17, 15) is 10.1 Å². The van der Waals surface area contributed by atoms with Crippen molar-refractivity contribution >= 4 is 39.3 Å². The van der Waals surface area contributed by atoms with E-state index in [0.29, 0.717) is 11.3 Å². The molecule has 0 aliphatic carbocycles. The second kappa shape index (κ2) is 8.34. The van der Waals surface area contributed by atoms with E-state index in [2.05, 4.69) is 22.6 Å². The van der Waals surface area contributed by atoms with E-state index < -0.39 is 5.60 Å². The van der Waals surface area contributed by atoms with Crippen LogP contribution in [0.5, 0.6) is 0 Å². The fourth-order valence-corrected chi connectivity index (χ4v) is 4.72. The second-order valence-electron chi connectivity index (χ2n) is 7.62. The number of esters is 1. The normalized spacial score (nSPS) is 12.5. The van der Waals surface area contributed by atoms with E-state index in [-0.39, 0.29) is 11.9 Å². The van der Waals surface area contributed by atoms with Gasteiger partial charge in [0.25, 0.3) is 0 Å². The summed E-state index contributed by atoms with van der Waals surface area (Å²) in [6, 6.07) is 13.9. The molecule has 1 heterocycles. The van der Waals surface area contributed by atoms with Crippen molar-refractivity contribution in [1.29, 1.82) is 5.26 Å². The van der Waals surface area contributed by atoms with E-state index in [1.807, 2.05) is 52.1 Å². The molecule has 0 saturated heterocycles. The minimum Gasteiger partial charge on any atom is -0.460 e. The molecule has 6 heteroatoms. The Morgan fingerprint density at radius 1 is 1.32 bits per heavy atom. The molecule has 0 N–H and O–H groups in total. The monoisotopic (exact) mass is 410 g/mol. The summed E-state index contributed by atoms with van der Waals surface area (Å²) in [5, 5.41) is 10.3. The zero-order chi connectivity index (χ0) is 20.3. The number of fused-ring (bicyclic) bond motifs is 1. The third-order valence-corrected chi connectivity index (χ3v) is 6.22. The lowest BCUT2D eigenvalue weighted by Crippen LogP contribution is -2.28. The highest BCUT2D eigenvalue weighted by Gasteiger charge is 2.22. The van der Waals surface area contributed by atoms with Gasteiger partial charge in [-0.3, -0.25) is 4.79 Å². The molecule has 0 bridgehead atoms. The SMILES string of the molecule is CC(CSc1ccc2cnsc2c1-c1cccc(C#N)c1)C(=O)OC(C)(C)C. The first-order chi connectivity index (χ1) is 13.3. The predicted octanol–water partition coefficient (Wildman–Crippen LogP) is 5.90. The highest BCUT2D eigenvalue weighted by Crippen LogP contribution is 2.40. The molecular formula is C22H22N2O2S2. The summed E-state index contributed by atoms with van der Waals surface area (Å²) < 4.78 is 10.9. The first-order valence-corrected chi connectivity index (χ1v) is 10.8. The highest BCUT2D eigenvalue weighted by atomic mass is 32.2. The third-order valence-electron chi connectivity index (χ3n) is 4.06. The zero-order valence-corrected chi connectivity index (χ0v) is 18.0. The van der Waals surface area contributed by atoms with Gasteiger partial charge >= 0.3 is 5.97 Å².